The van der Waals surface area contributed by atoms with Crippen molar-refractivity contribution in [2.24, 2.45) is 4.99 Å². The molecule has 1 aliphatic heterocycles. The predicted octanol–water partition coefficient (Wildman–Crippen LogP) is 5.54. The van der Waals surface area contributed by atoms with Gasteiger partial charge < -0.3 is 5.32 Å². The minimum atomic E-state index is -0.468. The van der Waals surface area contributed by atoms with Gasteiger partial charge in [-0.1, -0.05) is 48.5 Å². The molecule has 0 unspecified atom stereocenters. The van der Waals surface area contributed by atoms with Crippen molar-refractivity contribution in [3.05, 3.63) is 94.3 Å². The van der Waals surface area contributed by atoms with E-state index in [4.69, 9.17) is 5.10 Å². The van der Waals surface area contributed by atoms with Crippen LogP contribution in [-0.4, -0.2) is 32.5 Å². The second-order valence-corrected chi connectivity index (χ2v) is 8.90. The summed E-state index contributed by atoms with van der Waals surface area (Å²) in [6.07, 6.45) is 5.20. The van der Waals surface area contributed by atoms with E-state index in [-0.39, 0.29) is 23.9 Å². The number of benzene rings is 2. The Morgan fingerprint density at radius 3 is 2.64 bits per heavy atom. The highest BCUT2D eigenvalue weighted by Crippen LogP contribution is 2.29. The fraction of sp³-hybridized carbons (Fsp3) is 0.286. The molecule has 36 heavy (non-hydrogen) atoms. The van der Waals surface area contributed by atoms with Gasteiger partial charge in [0.25, 0.3) is 0 Å². The third-order valence-electron chi connectivity index (χ3n) is 6.35. The molecule has 0 bridgehead atoms. The van der Waals surface area contributed by atoms with Gasteiger partial charge in [-0.2, -0.15) is 5.10 Å². The molecule has 0 amide bonds. The summed E-state index contributed by atoms with van der Waals surface area (Å²) in [6.45, 7) is 2.88. The van der Waals surface area contributed by atoms with Crippen LogP contribution < -0.4 is 5.32 Å². The van der Waals surface area contributed by atoms with E-state index >= 15 is 0 Å². The Morgan fingerprint density at radius 1 is 1.00 bits per heavy atom. The molecule has 0 radical (unpaired) electrons. The fourth-order valence-corrected chi connectivity index (χ4v) is 4.44. The monoisotopic (exact) mass is 486 g/mol. The Morgan fingerprint density at radius 2 is 1.81 bits per heavy atom. The van der Waals surface area contributed by atoms with Crippen LogP contribution in [0.2, 0.25) is 0 Å². The third kappa shape index (κ3) is 5.17. The van der Waals surface area contributed by atoms with Crippen molar-refractivity contribution < 1.29 is 8.78 Å². The maximum atomic E-state index is 14.9. The van der Waals surface area contributed by atoms with Gasteiger partial charge in [-0.15, -0.1) is 0 Å². The van der Waals surface area contributed by atoms with Crippen molar-refractivity contribution in [2.45, 2.75) is 45.7 Å². The molecule has 0 saturated carbocycles. The first-order valence-electron chi connectivity index (χ1n) is 12.2. The van der Waals surface area contributed by atoms with Gasteiger partial charge in [0, 0.05) is 17.7 Å². The van der Waals surface area contributed by atoms with Crippen LogP contribution in [0.3, 0.4) is 0 Å². The first kappa shape index (κ1) is 23.8. The molecular formula is C28H28F2N6. The van der Waals surface area contributed by atoms with Crippen molar-refractivity contribution in [3.63, 3.8) is 0 Å². The van der Waals surface area contributed by atoms with Gasteiger partial charge in [-0.05, 0) is 50.5 Å². The maximum Gasteiger partial charge on any atom is 0.186 e. The molecule has 2 aromatic carbocycles. The number of anilines is 1. The van der Waals surface area contributed by atoms with E-state index in [1.807, 2.05) is 42.6 Å². The molecule has 1 aliphatic rings. The fourth-order valence-electron chi connectivity index (χ4n) is 4.44. The summed E-state index contributed by atoms with van der Waals surface area (Å²) in [7, 11) is 0. The minimum absolute atomic E-state index is 0.162. The van der Waals surface area contributed by atoms with Crippen LogP contribution in [0, 0.1) is 18.6 Å². The Kier molecular flexibility index (Phi) is 7.11. The largest absolute Gasteiger partial charge is 0.367 e. The molecule has 3 heterocycles. The SMILES string of the molecule is Cc1nc(-c2nn(Cc3ccccc3F)c3c2CCCC=NC3)nc(NCCc2ccccc2)c1F. The number of nitrogens with zero attached hydrogens (tertiary/aromatic N) is 5. The average Bonchev–Trinajstić information content (AvgIpc) is 3.19. The number of hydrogen-bond acceptors (Lipinski definition) is 5. The Hall–Kier alpha value is -3.94. The standard InChI is InChI=1S/C28H28F2N6/c1-19-25(30)27(32-16-14-20-9-3-2-4-10-20)34-28(33-19)26-22-12-7-8-15-31-17-24(22)36(35-26)18-21-11-5-6-13-23(21)29/h2-6,9-11,13,15H,7-8,12,14,16-18H2,1H3,(H,32,33,34). The zero-order valence-corrected chi connectivity index (χ0v) is 20.2. The second kappa shape index (κ2) is 10.8. The lowest BCUT2D eigenvalue weighted by Gasteiger charge is -2.11. The van der Waals surface area contributed by atoms with E-state index in [1.54, 1.807) is 23.7 Å². The summed E-state index contributed by atoms with van der Waals surface area (Å²) in [5, 5.41) is 7.96. The molecular weight excluding hydrogens is 458 g/mol. The summed E-state index contributed by atoms with van der Waals surface area (Å²) in [4.78, 5) is 13.5. The van der Waals surface area contributed by atoms with Gasteiger partial charge in [-0.3, -0.25) is 9.67 Å². The number of aromatic nitrogens is 4. The van der Waals surface area contributed by atoms with Crippen LogP contribution in [0.15, 0.2) is 59.6 Å². The van der Waals surface area contributed by atoms with Gasteiger partial charge in [0.2, 0.25) is 0 Å². The first-order valence-corrected chi connectivity index (χ1v) is 12.2. The van der Waals surface area contributed by atoms with Gasteiger partial charge in [0.15, 0.2) is 17.5 Å². The first-order chi connectivity index (χ1) is 17.6. The van der Waals surface area contributed by atoms with Gasteiger partial charge in [-0.25, -0.2) is 18.7 Å². The molecule has 0 atom stereocenters. The molecule has 2 aromatic heterocycles. The van der Waals surface area contributed by atoms with Gasteiger partial charge >= 0.3 is 0 Å². The second-order valence-electron chi connectivity index (χ2n) is 8.90. The van der Waals surface area contributed by atoms with Gasteiger partial charge in [0.05, 0.1) is 24.5 Å². The lowest BCUT2D eigenvalue weighted by molar-refractivity contribution is 0.574. The van der Waals surface area contributed by atoms with Crippen LogP contribution in [0.25, 0.3) is 11.5 Å². The quantitative estimate of drug-likeness (QED) is 0.373. The predicted molar refractivity (Wildman–Crippen MR) is 137 cm³/mol. The third-order valence-corrected chi connectivity index (χ3v) is 6.35. The molecule has 5 rings (SSSR count). The number of halogens is 2. The van der Waals surface area contributed by atoms with Crippen molar-refractivity contribution in [3.8, 4) is 11.5 Å². The summed E-state index contributed by atoms with van der Waals surface area (Å²) in [5.74, 6) is -0.222. The number of aliphatic imine (C=N–C) groups is 1. The van der Waals surface area contributed by atoms with E-state index in [1.165, 1.54) is 6.07 Å². The van der Waals surface area contributed by atoms with Crippen molar-refractivity contribution in [1.82, 2.24) is 19.7 Å². The Balaban J connectivity index is 1.49. The maximum absolute atomic E-state index is 14.9. The van der Waals surface area contributed by atoms with E-state index in [0.717, 1.165) is 42.5 Å². The van der Waals surface area contributed by atoms with Crippen LogP contribution >= 0.6 is 0 Å². The molecule has 4 aromatic rings. The molecule has 184 valence electrons. The normalized spacial score (nSPS) is 13.2. The molecule has 6 nitrogen and oxygen atoms in total. The Bertz CT molecular complexity index is 1380. The Labute approximate surface area is 209 Å². The van der Waals surface area contributed by atoms with Crippen molar-refractivity contribution >= 4 is 12.0 Å². The molecule has 0 saturated heterocycles. The van der Waals surface area contributed by atoms with Crippen LogP contribution in [-0.2, 0) is 25.9 Å². The highest BCUT2D eigenvalue weighted by molar-refractivity contribution is 5.62. The van der Waals surface area contributed by atoms with Crippen LogP contribution in [0.4, 0.5) is 14.6 Å². The van der Waals surface area contributed by atoms with Crippen LogP contribution in [0.5, 0.6) is 0 Å². The lowest BCUT2D eigenvalue weighted by Crippen LogP contribution is -2.11. The number of fused-ring (bicyclic) bond motifs is 1. The topological polar surface area (TPSA) is 68.0 Å². The summed E-state index contributed by atoms with van der Waals surface area (Å²) >= 11 is 0. The average molecular weight is 487 g/mol. The molecule has 0 spiro atoms. The molecule has 0 fully saturated rings. The molecule has 0 aliphatic carbocycles. The van der Waals surface area contributed by atoms with Crippen molar-refractivity contribution in [1.29, 1.82) is 0 Å². The van der Waals surface area contributed by atoms with E-state index in [2.05, 4.69) is 20.3 Å². The summed E-state index contributed by atoms with van der Waals surface area (Å²) in [6, 6.07) is 16.7. The van der Waals surface area contributed by atoms with E-state index < -0.39 is 5.82 Å². The number of nitrogens with one attached hydrogen (secondary N) is 1. The highest BCUT2D eigenvalue weighted by Gasteiger charge is 2.24. The summed E-state index contributed by atoms with van der Waals surface area (Å²) in [5.41, 5.74) is 4.46. The number of aryl methyl sites for hydroxylation is 1. The van der Waals surface area contributed by atoms with Gasteiger partial charge in [0.1, 0.15) is 11.5 Å². The number of hydrogen-bond donors (Lipinski definition) is 1. The van der Waals surface area contributed by atoms with E-state index in [0.29, 0.717) is 30.2 Å². The molecule has 1 N–H and O–H groups in total. The summed E-state index contributed by atoms with van der Waals surface area (Å²) < 4.78 is 31.2. The van der Waals surface area contributed by atoms with Crippen LogP contribution in [0.1, 0.15) is 40.9 Å². The molecule has 8 heteroatoms. The zero-order valence-electron chi connectivity index (χ0n) is 20.2. The smallest absolute Gasteiger partial charge is 0.186 e. The number of rotatable bonds is 7. The zero-order chi connectivity index (χ0) is 24.9. The lowest BCUT2D eigenvalue weighted by atomic mass is 10.0. The minimum Gasteiger partial charge on any atom is -0.367 e. The van der Waals surface area contributed by atoms with Crippen molar-refractivity contribution in [2.75, 3.05) is 11.9 Å². The highest BCUT2D eigenvalue weighted by atomic mass is 19.1. The van der Waals surface area contributed by atoms with E-state index in [9.17, 15) is 8.78 Å².